The molecular formula is C14H9ClF3NO2. The maximum absolute atomic E-state index is 12.1. The Bertz CT molecular complexity index is 669. The summed E-state index contributed by atoms with van der Waals surface area (Å²) in [6.07, 6.45) is -4.77. The number of ether oxygens (including phenoxy) is 1. The zero-order valence-corrected chi connectivity index (χ0v) is 11.2. The van der Waals surface area contributed by atoms with Crippen molar-refractivity contribution in [2.24, 2.45) is 0 Å². The number of nitrogens with two attached hydrogens (primary N) is 1. The second-order valence-corrected chi connectivity index (χ2v) is 4.54. The number of benzene rings is 2. The molecule has 2 rings (SSSR count). The van der Waals surface area contributed by atoms with Gasteiger partial charge in [-0.05, 0) is 42.5 Å². The molecule has 0 spiro atoms. The lowest BCUT2D eigenvalue weighted by Gasteiger charge is -2.09. The van der Waals surface area contributed by atoms with Crippen molar-refractivity contribution in [3.05, 3.63) is 58.6 Å². The van der Waals surface area contributed by atoms with E-state index in [1.54, 1.807) is 0 Å². The van der Waals surface area contributed by atoms with Gasteiger partial charge in [0.25, 0.3) is 0 Å². The smallest absolute Gasteiger partial charge is 0.406 e. The van der Waals surface area contributed by atoms with E-state index in [0.717, 1.165) is 12.1 Å². The minimum absolute atomic E-state index is 0.213. The van der Waals surface area contributed by atoms with E-state index in [9.17, 15) is 18.0 Å². The van der Waals surface area contributed by atoms with Crippen LogP contribution in [-0.2, 0) is 0 Å². The third-order valence-electron chi connectivity index (χ3n) is 2.61. The summed E-state index contributed by atoms with van der Waals surface area (Å²) in [5.41, 5.74) is 6.38. The largest absolute Gasteiger partial charge is 0.573 e. The molecule has 0 aliphatic heterocycles. The van der Waals surface area contributed by atoms with E-state index in [0.29, 0.717) is 11.3 Å². The number of ketones is 1. The molecule has 110 valence electrons. The van der Waals surface area contributed by atoms with Crippen LogP contribution in [-0.4, -0.2) is 12.1 Å². The van der Waals surface area contributed by atoms with Gasteiger partial charge in [-0.2, -0.15) is 0 Å². The molecule has 0 saturated carbocycles. The Morgan fingerprint density at radius 1 is 1.05 bits per heavy atom. The van der Waals surface area contributed by atoms with Gasteiger partial charge in [-0.15, -0.1) is 13.2 Å². The first-order valence-corrected chi connectivity index (χ1v) is 6.09. The summed E-state index contributed by atoms with van der Waals surface area (Å²) in [7, 11) is 0. The highest BCUT2D eigenvalue weighted by Gasteiger charge is 2.31. The summed E-state index contributed by atoms with van der Waals surface area (Å²) in [6.45, 7) is 0. The summed E-state index contributed by atoms with van der Waals surface area (Å²) in [6, 6.07) is 9.00. The van der Waals surface area contributed by atoms with Crippen molar-refractivity contribution in [2.45, 2.75) is 6.36 Å². The Morgan fingerprint density at radius 3 is 2.14 bits per heavy atom. The van der Waals surface area contributed by atoms with Crippen LogP contribution in [0.4, 0.5) is 18.9 Å². The van der Waals surface area contributed by atoms with Crippen molar-refractivity contribution in [2.75, 3.05) is 5.73 Å². The maximum atomic E-state index is 12.1. The number of hydrogen-bond acceptors (Lipinski definition) is 3. The van der Waals surface area contributed by atoms with Gasteiger partial charge in [0, 0.05) is 11.1 Å². The molecule has 3 nitrogen and oxygen atoms in total. The fourth-order valence-corrected chi connectivity index (χ4v) is 1.82. The lowest BCUT2D eigenvalue weighted by atomic mass is 10.0. The van der Waals surface area contributed by atoms with Crippen molar-refractivity contribution >= 4 is 23.1 Å². The van der Waals surface area contributed by atoms with Crippen LogP contribution in [0.2, 0.25) is 5.02 Å². The fourth-order valence-electron chi connectivity index (χ4n) is 1.64. The minimum Gasteiger partial charge on any atom is -0.406 e. The molecule has 0 unspecified atom stereocenters. The molecule has 21 heavy (non-hydrogen) atoms. The molecule has 2 aromatic carbocycles. The Labute approximate surface area is 123 Å². The monoisotopic (exact) mass is 315 g/mol. The number of nitrogen functional groups attached to an aromatic ring is 1. The van der Waals surface area contributed by atoms with Gasteiger partial charge in [0.2, 0.25) is 0 Å². The summed E-state index contributed by atoms with van der Waals surface area (Å²) < 4.78 is 39.8. The fraction of sp³-hybridized carbons (Fsp3) is 0.0714. The summed E-state index contributed by atoms with van der Waals surface area (Å²) in [4.78, 5) is 12.1. The number of carbonyl (C=O) groups is 1. The van der Waals surface area contributed by atoms with E-state index in [4.69, 9.17) is 17.3 Å². The highest BCUT2D eigenvalue weighted by atomic mass is 35.5. The molecule has 0 bridgehead atoms. The standard InChI is InChI=1S/C14H9ClF3NO2/c15-11-7-9(3-6-12(11)19)13(20)8-1-4-10(5-2-8)21-14(16,17)18/h1-7H,19H2. The van der Waals surface area contributed by atoms with Crippen LogP contribution in [0.15, 0.2) is 42.5 Å². The normalized spacial score (nSPS) is 11.2. The zero-order chi connectivity index (χ0) is 15.6. The van der Waals surface area contributed by atoms with Gasteiger partial charge < -0.3 is 10.5 Å². The number of anilines is 1. The summed E-state index contributed by atoms with van der Waals surface area (Å²) in [5, 5.41) is 0.234. The van der Waals surface area contributed by atoms with E-state index in [-0.39, 0.29) is 16.4 Å². The Kier molecular flexibility index (Phi) is 4.09. The SMILES string of the molecule is Nc1ccc(C(=O)c2ccc(OC(F)(F)F)cc2)cc1Cl. The predicted molar refractivity (Wildman–Crippen MR) is 72.4 cm³/mol. The first-order valence-electron chi connectivity index (χ1n) is 5.72. The van der Waals surface area contributed by atoms with Crippen LogP contribution in [0.1, 0.15) is 15.9 Å². The van der Waals surface area contributed by atoms with E-state index in [2.05, 4.69) is 4.74 Å². The van der Waals surface area contributed by atoms with Crippen LogP contribution in [0.5, 0.6) is 5.75 Å². The predicted octanol–water partition coefficient (Wildman–Crippen LogP) is 4.05. The first kappa shape index (κ1) is 15.2. The second kappa shape index (κ2) is 5.65. The molecule has 2 aromatic rings. The Hall–Kier alpha value is -2.21. The second-order valence-electron chi connectivity index (χ2n) is 4.14. The molecule has 0 aliphatic rings. The Balaban J connectivity index is 2.22. The molecule has 0 aromatic heterocycles. The van der Waals surface area contributed by atoms with Crippen molar-refractivity contribution < 1.29 is 22.7 Å². The molecule has 2 N–H and O–H groups in total. The van der Waals surface area contributed by atoms with Gasteiger partial charge in [-0.25, -0.2) is 0 Å². The van der Waals surface area contributed by atoms with E-state index in [1.165, 1.54) is 30.3 Å². The van der Waals surface area contributed by atoms with E-state index < -0.39 is 12.1 Å². The average Bonchev–Trinajstić information content (AvgIpc) is 2.40. The van der Waals surface area contributed by atoms with Gasteiger partial charge in [-0.3, -0.25) is 4.79 Å². The average molecular weight is 316 g/mol. The minimum atomic E-state index is -4.77. The van der Waals surface area contributed by atoms with Crippen LogP contribution < -0.4 is 10.5 Å². The van der Waals surface area contributed by atoms with Gasteiger partial charge in [0.1, 0.15) is 5.75 Å². The lowest BCUT2D eigenvalue weighted by molar-refractivity contribution is -0.274. The molecule has 0 amide bonds. The maximum Gasteiger partial charge on any atom is 0.573 e. The topological polar surface area (TPSA) is 52.3 Å². The number of alkyl halides is 3. The van der Waals surface area contributed by atoms with Crippen molar-refractivity contribution in [3.63, 3.8) is 0 Å². The van der Waals surface area contributed by atoms with Crippen molar-refractivity contribution in [1.82, 2.24) is 0 Å². The first-order chi connectivity index (χ1) is 9.76. The van der Waals surface area contributed by atoms with Crippen LogP contribution in [0, 0.1) is 0 Å². The van der Waals surface area contributed by atoms with Crippen molar-refractivity contribution in [1.29, 1.82) is 0 Å². The molecule has 7 heteroatoms. The molecule has 0 heterocycles. The highest BCUT2D eigenvalue weighted by Crippen LogP contribution is 2.25. The molecule has 0 atom stereocenters. The third kappa shape index (κ3) is 3.88. The number of rotatable bonds is 3. The van der Waals surface area contributed by atoms with Gasteiger partial charge in [0.05, 0.1) is 10.7 Å². The zero-order valence-electron chi connectivity index (χ0n) is 10.4. The number of halogens is 4. The number of hydrogen-bond donors (Lipinski definition) is 1. The van der Waals surface area contributed by atoms with Crippen LogP contribution in [0.3, 0.4) is 0 Å². The van der Waals surface area contributed by atoms with Gasteiger partial charge in [0.15, 0.2) is 5.78 Å². The summed E-state index contributed by atoms with van der Waals surface area (Å²) in [5.74, 6) is -0.773. The molecule has 0 radical (unpaired) electrons. The molecular weight excluding hydrogens is 307 g/mol. The molecule has 0 fully saturated rings. The quantitative estimate of drug-likeness (QED) is 0.686. The lowest BCUT2D eigenvalue weighted by Crippen LogP contribution is -2.17. The van der Waals surface area contributed by atoms with E-state index >= 15 is 0 Å². The third-order valence-corrected chi connectivity index (χ3v) is 2.94. The van der Waals surface area contributed by atoms with Crippen molar-refractivity contribution in [3.8, 4) is 5.75 Å². The van der Waals surface area contributed by atoms with Gasteiger partial charge >= 0.3 is 6.36 Å². The highest BCUT2D eigenvalue weighted by molar-refractivity contribution is 6.33. The van der Waals surface area contributed by atoms with Crippen LogP contribution in [0.25, 0.3) is 0 Å². The summed E-state index contributed by atoms with van der Waals surface area (Å²) >= 11 is 5.82. The van der Waals surface area contributed by atoms with Gasteiger partial charge in [-0.1, -0.05) is 11.6 Å². The molecule has 0 saturated heterocycles. The Morgan fingerprint density at radius 2 is 1.62 bits per heavy atom. The van der Waals surface area contributed by atoms with E-state index in [1.807, 2.05) is 0 Å². The van der Waals surface area contributed by atoms with Crippen LogP contribution >= 0.6 is 11.6 Å². The molecule has 0 aliphatic carbocycles. The number of carbonyl (C=O) groups excluding carboxylic acids is 1.